The van der Waals surface area contributed by atoms with Gasteiger partial charge in [-0.05, 0) is 25.8 Å². The van der Waals surface area contributed by atoms with Gasteiger partial charge in [-0.1, -0.05) is 48.5 Å². The van der Waals surface area contributed by atoms with Crippen molar-refractivity contribution in [2.45, 2.75) is 26.8 Å². The molecular weight excluding hydrogens is 394 g/mol. The van der Waals surface area contributed by atoms with Crippen LogP contribution >= 0.6 is 11.6 Å². The topological polar surface area (TPSA) is 97.3 Å². The first-order chi connectivity index (χ1) is 13.9. The van der Waals surface area contributed by atoms with Gasteiger partial charge in [0.25, 0.3) is 5.56 Å². The number of anilines is 1. The van der Waals surface area contributed by atoms with Crippen molar-refractivity contribution in [1.82, 2.24) is 20.3 Å². The summed E-state index contributed by atoms with van der Waals surface area (Å²) in [6.07, 6.45) is 0.728. The van der Waals surface area contributed by atoms with E-state index in [1.54, 1.807) is 13.8 Å². The minimum atomic E-state index is -0.393. The molecule has 0 aliphatic carbocycles. The first-order valence-electron chi connectivity index (χ1n) is 9.23. The van der Waals surface area contributed by atoms with E-state index in [9.17, 15) is 9.59 Å². The molecule has 0 aliphatic heterocycles. The van der Waals surface area contributed by atoms with Gasteiger partial charge in [0.1, 0.15) is 6.54 Å². The maximum Gasteiger partial charge on any atom is 0.294 e. The van der Waals surface area contributed by atoms with E-state index in [0.717, 1.165) is 12.0 Å². The minimum Gasteiger partial charge on any atom is -0.365 e. The van der Waals surface area contributed by atoms with Gasteiger partial charge in [0.15, 0.2) is 11.0 Å². The summed E-state index contributed by atoms with van der Waals surface area (Å²) in [5.41, 5.74) is 4.44. The fourth-order valence-corrected chi connectivity index (χ4v) is 2.70. The predicted molar refractivity (Wildman–Crippen MR) is 114 cm³/mol. The molecular formula is C20H26ClN5O3. The van der Waals surface area contributed by atoms with Crippen molar-refractivity contribution in [3.05, 3.63) is 69.4 Å². The summed E-state index contributed by atoms with van der Waals surface area (Å²) >= 11 is 6.17. The molecule has 1 amide bonds. The fourth-order valence-electron chi connectivity index (χ4n) is 2.51. The van der Waals surface area contributed by atoms with Crippen LogP contribution in [0, 0.1) is 6.92 Å². The van der Waals surface area contributed by atoms with Gasteiger partial charge in [-0.3, -0.25) is 24.5 Å². The molecule has 0 bridgehead atoms. The zero-order valence-corrected chi connectivity index (χ0v) is 17.4. The summed E-state index contributed by atoms with van der Waals surface area (Å²) in [5.74, 6) is -0.204. The van der Waals surface area contributed by atoms with Crippen LogP contribution in [0.4, 0.5) is 5.82 Å². The number of allylic oxidation sites excluding steroid dienone is 1. The van der Waals surface area contributed by atoms with Crippen molar-refractivity contribution in [3.8, 4) is 0 Å². The molecule has 0 fully saturated rings. The number of carbonyl (C=O) groups is 1. The van der Waals surface area contributed by atoms with Gasteiger partial charge in [-0.15, -0.1) is 0 Å². The zero-order chi connectivity index (χ0) is 21.2. The Kier molecular flexibility index (Phi) is 8.69. The van der Waals surface area contributed by atoms with Gasteiger partial charge in [0.05, 0.1) is 12.3 Å². The van der Waals surface area contributed by atoms with Crippen LogP contribution in [0.5, 0.6) is 0 Å². The third-order valence-corrected chi connectivity index (χ3v) is 4.34. The van der Waals surface area contributed by atoms with Crippen LogP contribution in [-0.2, 0) is 22.6 Å². The molecule has 8 nitrogen and oxygen atoms in total. The van der Waals surface area contributed by atoms with Crippen molar-refractivity contribution in [3.63, 3.8) is 0 Å². The smallest absolute Gasteiger partial charge is 0.294 e. The van der Waals surface area contributed by atoms with Crippen LogP contribution in [0.2, 0.25) is 5.15 Å². The van der Waals surface area contributed by atoms with Gasteiger partial charge >= 0.3 is 0 Å². The number of amides is 1. The minimum absolute atomic E-state index is 0.123. The molecule has 29 heavy (non-hydrogen) atoms. The number of halogens is 1. The highest BCUT2D eigenvalue weighted by atomic mass is 35.5. The maximum atomic E-state index is 12.7. The van der Waals surface area contributed by atoms with E-state index in [0.29, 0.717) is 17.9 Å². The van der Waals surface area contributed by atoms with Gasteiger partial charge in [-0.2, -0.15) is 0 Å². The lowest BCUT2D eigenvalue weighted by molar-refractivity contribution is -0.122. The lowest BCUT2D eigenvalue weighted by Gasteiger charge is -2.14. The molecule has 156 valence electrons. The number of hydrogen-bond donors (Lipinski definition) is 3. The molecule has 2 rings (SSSR count). The van der Waals surface area contributed by atoms with Crippen molar-refractivity contribution in [1.29, 1.82) is 0 Å². The summed E-state index contributed by atoms with van der Waals surface area (Å²) in [6, 6.07) is 9.89. The summed E-state index contributed by atoms with van der Waals surface area (Å²) < 4.78 is 1.31. The molecule has 0 saturated carbocycles. The molecule has 1 aromatic heterocycles. The molecule has 1 aromatic carbocycles. The summed E-state index contributed by atoms with van der Waals surface area (Å²) in [6.45, 7) is 7.94. The number of aromatic nitrogens is 2. The molecule has 0 saturated heterocycles. The average molecular weight is 420 g/mol. The third-order valence-electron chi connectivity index (χ3n) is 3.98. The van der Waals surface area contributed by atoms with Gasteiger partial charge < -0.3 is 10.6 Å². The van der Waals surface area contributed by atoms with Crippen molar-refractivity contribution in [2.75, 3.05) is 25.0 Å². The molecule has 0 atom stereocenters. The average Bonchev–Trinajstić information content (AvgIpc) is 2.69. The molecule has 0 unspecified atom stereocenters. The maximum absolute atomic E-state index is 12.7. The summed E-state index contributed by atoms with van der Waals surface area (Å²) in [4.78, 5) is 34.1. The van der Waals surface area contributed by atoms with Crippen LogP contribution in [0.3, 0.4) is 0 Å². The normalized spacial score (nSPS) is 10.4. The Morgan fingerprint density at radius 2 is 2.00 bits per heavy atom. The standard InChI is InChI=1S/C20H26ClN5O3/c1-14(2)25-29-12-11-22-17(27)13-26-15(3)18(21)24-19(20(26)28)23-10-9-16-7-5-4-6-8-16/h4-8,25H,1,9-13H2,2-3H3,(H,22,27)(H,23,24). The molecule has 0 radical (unpaired) electrons. The first-order valence-corrected chi connectivity index (χ1v) is 9.61. The second-order valence-corrected chi connectivity index (χ2v) is 6.83. The molecule has 0 spiro atoms. The fraction of sp³-hybridized carbons (Fsp3) is 0.350. The Balaban J connectivity index is 1.95. The molecule has 9 heteroatoms. The Hall–Kier alpha value is -2.84. The molecule has 2 aromatic rings. The van der Waals surface area contributed by atoms with Crippen LogP contribution in [0.25, 0.3) is 0 Å². The van der Waals surface area contributed by atoms with Crippen LogP contribution in [0.1, 0.15) is 18.2 Å². The number of hydroxylamine groups is 1. The predicted octanol–water partition coefficient (Wildman–Crippen LogP) is 2.03. The van der Waals surface area contributed by atoms with Crippen LogP contribution in [0.15, 0.2) is 47.4 Å². The van der Waals surface area contributed by atoms with Crippen molar-refractivity contribution in [2.24, 2.45) is 0 Å². The van der Waals surface area contributed by atoms with Crippen molar-refractivity contribution < 1.29 is 9.63 Å². The highest BCUT2D eigenvalue weighted by Gasteiger charge is 2.15. The number of benzene rings is 1. The van der Waals surface area contributed by atoms with E-state index in [2.05, 4.69) is 27.7 Å². The number of hydrogen-bond acceptors (Lipinski definition) is 6. The monoisotopic (exact) mass is 419 g/mol. The van der Waals surface area contributed by atoms with Gasteiger partial charge in [-0.25, -0.2) is 4.98 Å². The van der Waals surface area contributed by atoms with E-state index in [4.69, 9.17) is 16.4 Å². The van der Waals surface area contributed by atoms with E-state index in [1.165, 1.54) is 4.57 Å². The lowest BCUT2D eigenvalue weighted by atomic mass is 10.1. The first kappa shape index (κ1) is 22.4. The number of nitrogens with zero attached hydrogens (tertiary/aromatic N) is 2. The van der Waals surface area contributed by atoms with E-state index < -0.39 is 5.56 Å². The summed E-state index contributed by atoms with van der Waals surface area (Å²) in [7, 11) is 0. The Labute approximate surface area is 174 Å². The third kappa shape index (κ3) is 7.24. The zero-order valence-electron chi connectivity index (χ0n) is 16.6. The second-order valence-electron chi connectivity index (χ2n) is 6.47. The molecule has 0 aliphatic rings. The largest absolute Gasteiger partial charge is 0.365 e. The van der Waals surface area contributed by atoms with E-state index in [-0.39, 0.29) is 36.6 Å². The second kappa shape index (κ2) is 11.2. The highest BCUT2D eigenvalue weighted by molar-refractivity contribution is 6.30. The Morgan fingerprint density at radius 3 is 2.69 bits per heavy atom. The molecule has 1 heterocycles. The van der Waals surface area contributed by atoms with Crippen LogP contribution < -0.4 is 21.7 Å². The number of rotatable bonds is 11. The summed E-state index contributed by atoms with van der Waals surface area (Å²) in [5, 5.41) is 5.88. The Morgan fingerprint density at radius 1 is 1.28 bits per heavy atom. The SMILES string of the molecule is C=C(C)NOCCNC(=O)Cn1c(C)c(Cl)nc(NCCc2ccccc2)c1=O. The number of nitrogens with one attached hydrogen (secondary N) is 3. The van der Waals surface area contributed by atoms with Gasteiger partial charge in [0, 0.05) is 18.8 Å². The lowest BCUT2D eigenvalue weighted by Crippen LogP contribution is -2.36. The van der Waals surface area contributed by atoms with Crippen LogP contribution in [-0.4, -0.2) is 35.2 Å². The van der Waals surface area contributed by atoms with E-state index >= 15 is 0 Å². The number of carbonyl (C=O) groups excluding carboxylic acids is 1. The van der Waals surface area contributed by atoms with Crippen molar-refractivity contribution >= 4 is 23.3 Å². The Bertz CT molecular complexity index is 899. The highest BCUT2D eigenvalue weighted by Crippen LogP contribution is 2.12. The van der Waals surface area contributed by atoms with E-state index in [1.807, 2.05) is 30.3 Å². The molecule has 3 N–H and O–H groups in total. The quantitative estimate of drug-likeness (QED) is 0.381. The van der Waals surface area contributed by atoms with Gasteiger partial charge in [0.2, 0.25) is 5.91 Å².